The first-order valence-corrected chi connectivity index (χ1v) is 34.6. The van der Waals surface area contributed by atoms with E-state index >= 15 is 17.6 Å². The molecule has 0 unspecified atom stereocenters. The Morgan fingerprint density at radius 2 is 0.784 bits per heavy atom. The standard InChI is InChI=1S/C34H33F2N5O3.C32H29F2N5O5.C12H13F2N5O4/c1-5-32(6-2)22(3)34(35,36)30(44-32)41-21-37-27-28(41)38-31(39-29(27)42)40-33(23-13-9-7-10-14-23,24-15-11-8-12-16-24)25-17-19-26(43-4)20-18-25;1-3-30(18-40)27(42)32(33,34)28(44-30)39-19-35-24-25(39)36-29(37-26(24)41)38-31(20-10-6-4-7-11-20,21-12-8-5-9-13-21)22-14-16-23(43-2)17-15-22;1-2-11(3-20)8(22)12(13,14)9(23-11)19-4-16-5-6(19)17-10(15)18-7(5)21/h5,7-22,30H,1,6H2,2-4H3,(H2,38,39,40,42);3-17,19,27-28,40,42H,1,18H2,2H3,(H2,36,37,38,41);2,4,8-9,20,22H,1,3H2,(H3,15,17,18,21)/t22-,30-,32-;27-,28-,30-;8-,9-,11-/m111/s1. The maximum Gasteiger partial charge on any atom is 0.320 e. The Morgan fingerprint density at radius 3 is 1.07 bits per heavy atom. The zero-order valence-electron chi connectivity index (χ0n) is 59.8. The number of alkyl halides is 6. The molecule has 3 saturated heterocycles. The summed E-state index contributed by atoms with van der Waals surface area (Å²) in [7, 11) is 3.16. The molecule has 3 aliphatic heterocycles. The molecule has 6 aromatic heterocycles. The summed E-state index contributed by atoms with van der Waals surface area (Å²) in [6.07, 6.45) is -4.04. The van der Waals surface area contributed by atoms with Gasteiger partial charge in [-0.2, -0.15) is 32.5 Å². The molecule has 6 aromatic carbocycles. The maximum absolute atomic E-state index is 15.8. The van der Waals surface area contributed by atoms with Crippen molar-refractivity contribution in [2.45, 2.75) is 96.8 Å². The van der Waals surface area contributed by atoms with E-state index in [1.807, 2.05) is 170 Å². The number of anilines is 3. The highest BCUT2D eigenvalue weighted by molar-refractivity contribution is 5.74. The summed E-state index contributed by atoms with van der Waals surface area (Å²) in [6.45, 7) is 11.9. The number of aromatic amines is 3. The van der Waals surface area contributed by atoms with E-state index in [-0.39, 0.29) is 51.3 Å². The molecule has 0 radical (unpaired) electrons. The molecule has 0 spiro atoms. The van der Waals surface area contributed by atoms with Gasteiger partial charge in [-0.25, -0.2) is 23.7 Å². The van der Waals surface area contributed by atoms with Crippen LogP contribution in [-0.4, -0.2) is 153 Å². The average Bonchev–Trinajstić information content (AvgIpc) is 1.37. The summed E-state index contributed by atoms with van der Waals surface area (Å²) < 4.78 is 122. The molecule has 15 rings (SSSR count). The lowest BCUT2D eigenvalue weighted by atomic mass is 9.77. The molecular weight excluding hydrogens is 1450 g/mol. The Kier molecular flexibility index (Phi) is 20.6. The highest BCUT2D eigenvalue weighted by atomic mass is 19.3. The van der Waals surface area contributed by atoms with Crippen LogP contribution in [0.25, 0.3) is 33.5 Å². The van der Waals surface area contributed by atoms with Gasteiger partial charge in [0.1, 0.15) is 33.8 Å². The van der Waals surface area contributed by atoms with Gasteiger partial charge in [-0.05, 0) is 64.1 Å². The van der Waals surface area contributed by atoms with Crippen LogP contribution in [0.2, 0.25) is 0 Å². The fourth-order valence-electron chi connectivity index (χ4n) is 14.4. The van der Waals surface area contributed by atoms with E-state index in [0.717, 1.165) is 71.9 Å². The summed E-state index contributed by atoms with van der Waals surface area (Å²) in [5.41, 5.74) is -0.359. The van der Waals surface area contributed by atoms with Crippen molar-refractivity contribution in [1.29, 1.82) is 0 Å². The lowest BCUT2D eigenvalue weighted by Gasteiger charge is -2.37. The van der Waals surface area contributed by atoms with Crippen LogP contribution in [0.5, 0.6) is 11.5 Å². The second-order valence-corrected chi connectivity index (χ2v) is 26.5. The van der Waals surface area contributed by atoms with Gasteiger partial charge in [0, 0.05) is 0 Å². The molecule has 0 aliphatic carbocycles. The number of imidazole rings is 3. The normalized spacial score (nSPS) is 23.1. The molecule has 0 bridgehead atoms. The van der Waals surface area contributed by atoms with Gasteiger partial charge >= 0.3 is 11.8 Å². The maximum atomic E-state index is 15.8. The summed E-state index contributed by atoms with van der Waals surface area (Å²) >= 11 is 0. The number of benzene rings is 6. The lowest BCUT2D eigenvalue weighted by molar-refractivity contribution is -0.139. The molecule has 3 aliphatic rings. The third-order valence-corrected chi connectivity index (χ3v) is 20.6. The van der Waals surface area contributed by atoms with Crippen LogP contribution in [-0.2, 0) is 25.3 Å². The summed E-state index contributed by atoms with van der Waals surface area (Å²) in [6, 6.07) is 53.3. The minimum Gasteiger partial charge on any atom is -0.497 e. The number of nitrogens with zero attached hydrogens (tertiary/aromatic N) is 9. The SMILES string of the molecule is C=C[C@]1(CC)O[C@@H](n2cnc3c(=O)[nH]c(NC(c4ccccc4)(c4ccccc4)c4ccc(OC)cc4)nc32)C(F)(F)[C@@H]1C.C=C[C@]1(CO)O[C@@H](n2cnc3c(=O)[nH]c(N)nc32)C(F)(F)[C@@H]1O.C=C[C@]1(CO)O[C@@H](n2cnc3c(=O)[nH]c(NC(c4ccccc4)(c4ccccc4)c4ccc(OC)cc4)nc32)C(F)(F)[C@@H]1O. The van der Waals surface area contributed by atoms with Crippen molar-refractivity contribution in [3.63, 3.8) is 0 Å². The molecule has 11 N–H and O–H groups in total. The van der Waals surface area contributed by atoms with Gasteiger partial charge in [-0.1, -0.05) is 178 Å². The van der Waals surface area contributed by atoms with Crippen molar-refractivity contribution in [3.8, 4) is 11.5 Å². The molecule has 9 heterocycles. The fraction of sp³-hybridized carbons (Fsp3) is 0.269. The number of ether oxygens (including phenoxy) is 5. The van der Waals surface area contributed by atoms with Crippen LogP contribution in [0.3, 0.4) is 0 Å². The average molecular weight is 1530 g/mol. The van der Waals surface area contributed by atoms with Gasteiger partial charge in [0.25, 0.3) is 22.6 Å². The van der Waals surface area contributed by atoms with E-state index in [2.05, 4.69) is 70.2 Å². The van der Waals surface area contributed by atoms with Gasteiger partial charge in [0.15, 0.2) is 45.7 Å². The molecular formula is C78H75F6N15O12. The number of fused-ring (bicyclic) bond motifs is 3. The van der Waals surface area contributed by atoms with Gasteiger partial charge in [0.2, 0.25) is 36.5 Å². The predicted octanol–water partition coefficient (Wildman–Crippen LogP) is 9.79. The van der Waals surface area contributed by atoms with Crippen LogP contribution >= 0.6 is 0 Å². The monoisotopic (exact) mass is 1530 g/mol. The number of methoxy groups -OCH3 is 2. The molecule has 3 fully saturated rings. The number of H-pyrrole nitrogens is 3. The van der Waals surface area contributed by atoms with Gasteiger partial charge < -0.3 is 60.5 Å². The van der Waals surface area contributed by atoms with Crippen molar-refractivity contribution in [2.75, 3.05) is 43.8 Å². The largest absolute Gasteiger partial charge is 0.497 e. The summed E-state index contributed by atoms with van der Waals surface area (Å²) in [5.74, 6) is -11.1. The van der Waals surface area contributed by atoms with E-state index < -0.39 is 112 Å². The lowest BCUT2D eigenvalue weighted by Crippen LogP contribution is -2.47. The van der Waals surface area contributed by atoms with Gasteiger partial charge in [0.05, 0.1) is 57.9 Å². The first-order valence-electron chi connectivity index (χ1n) is 34.6. The number of aliphatic hydroxyl groups excluding tert-OH is 4. The van der Waals surface area contributed by atoms with E-state index in [1.165, 1.54) is 19.3 Å². The molecule has 576 valence electrons. The molecule has 12 aromatic rings. The van der Waals surface area contributed by atoms with Crippen molar-refractivity contribution in [3.05, 3.63) is 291 Å². The van der Waals surface area contributed by atoms with Crippen LogP contribution in [0.15, 0.2) is 241 Å². The van der Waals surface area contributed by atoms with Crippen LogP contribution in [0.1, 0.15) is 72.3 Å². The highest BCUT2D eigenvalue weighted by Gasteiger charge is 2.68. The minimum atomic E-state index is -3.90. The summed E-state index contributed by atoms with van der Waals surface area (Å²) in [4.78, 5) is 71.0. The van der Waals surface area contributed by atoms with Crippen molar-refractivity contribution in [2.24, 2.45) is 5.92 Å². The number of nitrogens with one attached hydrogen (secondary N) is 5. The number of halogens is 6. The van der Waals surface area contributed by atoms with Crippen LogP contribution in [0, 0.1) is 5.92 Å². The van der Waals surface area contributed by atoms with Crippen molar-refractivity contribution >= 4 is 51.3 Å². The van der Waals surface area contributed by atoms with Crippen molar-refractivity contribution < 1.29 is 70.5 Å². The molecule has 33 heteroatoms. The second-order valence-electron chi connectivity index (χ2n) is 26.5. The van der Waals surface area contributed by atoms with E-state index in [0.29, 0.717) is 17.9 Å². The van der Waals surface area contributed by atoms with Gasteiger partial charge in [-0.3, -0.25) is 43.0 Å². The molecule has 111 heavy (non-hydrogen) atoms. The number of nitrogen functional groups attached to an aromatic ring is 1. The summed E-state index contributed by atoms with van der Waals surface area (Å²) in [5, 5.41) is 46.3. The minimum absolute atomic E-state index is 0.0335. The van der Waals surface area contributed by atoms with Crippen LogP contribution in [0.4, 0.5) is 44.2 Å². The topological polar surface area (TPSA) is 368 Å². The Labute approximate surface area is 627 Å². The van der Waals surface area contributed by atoms with Crippen molar-refractivity contribution in [1.82, 2.24) is 58.6 Å². The van der Waals surface area contributed by atoms with Crippen LogP contribution < -0.4 is 42.5 Å². The zero-order valence-corrected chi connectivity index (χ0v) is 59.8. The third-order valence-electron chi connectivity index (χ3n) is 20.6. The molecule has 0 amide bonds. The van der Waals surface area contributed by atoms with Gasteiger partial charge in [-0.15, -0.1) is 19.7 Å². The number of hydrogen-bond acceptors (Lipinski definition) is 21. The number of rotatable bonds is 21. The Hall–Kier alpha value is -12.1. The van der Waals surface area contributed by atoms with E-state index in [9.17, 15) is 43.6 Å². The quantitative estimate of drug-likeness (QED) is 0.0182. The second kappa shape index (κ2) is 29.7. The first kappa shape index (κ1) is 77.1. The number of nitrogens with two attached hydrogens (primary N) is 1. The van der Waals surface area contributed by atoms with E-state index in [1.54, 1.807) is 21.1 Å². The molecule has 27 nitrogen and oxygen atoms in total. The third kappa shape index (κ3) is 12.9. The predicted molar refractivity (Wildman–Crippen MR) is 397 cm³/mol. The Morgan fingerprint density at radius 1 is 0.486 bits per heavy atom. The fourth-order valence-corrected chi connectivity index (χ4v) is 14.4. The number of aliphatic hydroxyl groups is 4. The Balaban J connectivity index is 0.000000153. The number of hydrogen-bond donors (Lipinski definition) is 10. The Bertz CT molecular complexity index is 5210. The smallest absolute Gasteiger partial charge is 0.320 e. The highest BCUT2D eigenvalue weighted by Crippen LogP contribution is 2.55. The van der Waals surface area contributed by atoms with E-state index in [4.69, 9.17) is 34.4 Å². The first-order chi connectivity index (χ1) is 53.2. The zero-order chi connectivity index (χ0) is 79.2. The molecule has 9 atom stereocenters. The number of aromatic nitrogens is 12. The molecule has 0 saturated carbocycles.